The van der Waals surface area contributed by atoms with Crippen molar-refractivity contribution in [3.8, 4) is 0 Å². The van der Waals surface area contributed by atoms with Crippen LogP contribution in [0.3, 0.4) is 0 Å². The Morgan fingerprint density at radius 1 is 1.02 bits per heavy atom. The van der Waals surface area contributed by atoms with E-state index in [0.717, 1.165) is 52.0 Å². The normalized spacial score (nSPS) is 47.6. The lowest BCUT2D eigenvalue weighted by Gasteiger charge is -2.64. The first-order chi connectivity index (χ1) is 22.6. The molecule has 8 nitrogen and oxygen atoms in total. The molecular formula is C40H70N2O6. The van der Waals surface area contributed by atoms with Crippen molar-refractivity contribution in [3.05, 3.63) is 0 Å². The van der Waals surface area contributed by atoms with Crippen molar-refractivity contribution in [3.63, 3.8) is 0 Å². The van der Waals surface area contributed by atoms with Gasteiger partial charge in [0, 0.05) is 51.4 Å². The van der Waals surface area contributed by atoms with Crippen LogP contribution in [0.2, 0.25) is 0 Å². The topological polar surface area (TPSA) is 92.7 Å². The van der Waals surface area contributed by atoms with Crippen molar-refractivity contribution < 1.29 is 29.2 Å². The predicted octanol–water partition coefficient (Wildman–Crippen LogP) is 5.63. The summed E-state index contributed by atoms with van der Waals surface area (Å²) in [5.74, 6) is 2.00. The number of hydrogen-bond donors (Lipinski definition) is 3. The van der Waals surface area contributed by atoms with Crippen LogP contribution in [0.5, 0.6) is 0 Å². The highest BCUT2D eigenvalue weighted by Crippen LogP contribution is 2.89. The Morgan fingerprint density at radius 3 is 2.38 bits per heavy atom. The second-order valence-corrected chi connectivity index (χ2v) is 19.3. The second-order valence-electron chi connectivity index (χ2n) is 19.3. The zero-order valence-electron chi connectivity index (χ0n) is 31.9. The van der Waals surface area contributed by atoms with E-state index in [2.05, 4.69) is 44.8 Å². The van der Waals surface area contributed by atoms with Crippen LogP contribution in [0.1, 0.15) is 113 Å². The Kier molecular flexibility index (Phi) is 9.30. The maximum Gasteiger partial charge on any atom is 0.170 e. The van der Waals surface area contributed by atoms with Gasteiger partial charge in [-0.25, -0.2) is 0 Å². The second kappa shape index (κ2) is 12.4. The summed E-state index contributed by atoms with van der Waals surface area (Å²) in [5.41, 5.74) is -0.155. The number of fused-ring (bicyclic) bond motifs is 2. The molecule has 3 unspecified atom stereocenters. The fraction of sp³-hybridized carbons (Fsp3) is 1.00. The van der Waals surface area contributed by atoms with Crippen LogP contribution in [0.15, 0.2) is 0 Å². The summed E-state index contributed by atoms with van der Waals surface area (Å²) in [7, 11) is 1.75. The van der Waals surface area contributed by atoms with Gasteiger partial charge in [-0.15, -0.1) is 0 Å². The van der Waals surface area contributed by atoms with Gasteiger partial charge in [-0.1, -0.05) is 34.6 Å². The van der Waals surface area contributed by atoms with Gasteiger partial charge in [-0.3, -0.25) is 4.90 Å². The molecule has 5 saturated carbocycles. The molecule has 0 aromatic carbocycles. The SMILES string of the molecule is CCO[C@@H](C(C[C@@H](C)[C@H]1C[C@H](O)[C@@]2(C)C3CC[C@H]4C(C)(C)[C@@H](O[C@H]5CN(C6CNC6)CCO5)CC[C@@]45CC35CC[C@]12C)OC)C(C)(C)O. The maximum atomic E-state index is 12.2. The summed E-state index contributed by atoms with van der Waals surface area (Å²) in [6, 6.07) is 0.636. The summed E-state index contributed by atoms with van der Waals surface area (Å²) >= 11 is 0. The monoisotopic (exact) mass is 675 g/mol. The molecule has 8 heteroatoms. The fourth-order valence-corrected chi connectivity index (χ4v) is 14.1. The van der Waals surface area contributed by atoms with Crippen LogP contribution in [0, 0.1) is 50.7 Å². The maximum absolute atomic E-state index is 12.2. The Hall–Kier alpha value is -0.320. The van der Waals surface area contributed by atoms with Crippen LogP contribution in [-0.2, 0) is 18.9 Å². The van der Waals surface area contributed by atoms with Crippen molar-refractivity contribution >= 4 is 0 Å². The van der Waals surface area contributed by atoms with E-state index in [-0.39, 0.29) is 47.0 Å². The number of nitrogens with one attached hydrogen (secondary N) is 1. The van der Waals surface area contributed by atoms with Crippen molar-refractivity contribution in [1.82, 2.24) is 10.2 Å². The summed E-state index contributed by atoms with van der Waals surface area (Å²) in [4.78, 5) is 2.57. The fourth-order valence-electron chi connectivity index (χ4n) is 14.1. The number of rotatable bonds is 11. The van der Waals surface area contributed by atoms with Crippen LogP contribution >= 0.6 is 0 Å². The highest BCUT2D eigenvalue weighted by Gasteiger charge is 2.83. The highest BCUT2D eigenvalue weighted by molar-refractivity contribution is 5.31. The van der Waals surface area contributed by atoms with Crippen LogP contribution in [0.25, 0.3) is 0 Å². The third kappa shape index (κ3) is 5.18. The minimum absolute atomic E-state index is 0.0719. The average molecular weight is 675 g/mol. The number of nitrogens with zero attached hydrogens (tertiary/aromatic N) is 1. The van der Waals surface area contributed by atoms with Gasteiger partial charge in [-0.05, 0) is 124 Å². The van der Waals surface area contributed by atoms with Crippen molar-refractivity contribution in [2.45, 2.75) is 156 Å². The smallest absolute Gasteiger partial charge is 0.170 e. The third-order valence-corrected chi connectivity index (χ3v) is 16.8. The van der Waals surface area contributed by atoms with Gasteiger partial charge in [0.1, 0.15) is 6.10 Å². The number of morpholine rings is 1. The molecule has 2 heterocycles. The molecule has 0 amide bonds. The Morgan fingerprint density at radius 2 is 1.73 bits per heavy atom. The average Bonchev–Trinajstić information content (AvgIpc) is 3.62. The zero-order valence-corrected chi connectivity index (χ0v) is 31.9. The van der Waals surface area contributed by atoms with E-state index in [1.165, 1.54) is 38.5 Å². The Labute approximate surface area is 291 Å². The summed E-state index contributed by atoms with van der Waals surface area (Å²) in [6.45, 7) is 23.5. The largest absolute Gasteiger partial charge is 0.393 e. The first kappa shape index (κ1) is 36.1. The lowest BCUT2D eigenvalue weighted by molar-refractivity contribution is -0.251. The minimum Gasteiger partial charge on any atom is -0.393 e. The quantitative estimate of drug-likeness (QED) is 0.260. The molecule has 2 spiro atoms. The van der Waals surface area contributed by atoms with Crippen LogP contribution in [-0.4, -0.2) is 104 Å². The Bertz CT molecular complexity index is 1170. The van der Waals surface area contributed by atoms with E-state index < -0.39 is 5.60 Å². The Balaban J connectivity index is 1.07. The first-order valence-electron chi connectivity index (χ1n) is 19.9. The van der Waals surface area contributed by atoms with E-state index in [9.17, 15) is 10.2 Å². The van der Waals surface area contributed by atoms with Gasteiger partial charge in [0.05, 0.1) is 30.5 Å². The molecule has 7 aliphatic rings. The number of ether oxygens (including phenoxy) is 4. The lowest BCUT2D eigenvalue weighted by Crippen LogP contribution is -2.62. The van der Waals surface area contributed by atoms with Gasteiger partial charge in [-0.2, -0.15) is 0 Å². The zero-order chi connectivity index (χ0) is 34.5. The van der Waals surface area contributed by atoms with Gasteiger partial charge in [0.15, 0.2) is 6.29 Å². The molecule has 3 N–H and O–H groups in total. The third-order valence-electron chi connectivity index (χ3n) is 16.8. The minimum atomic E-state index is -0.991. The van der Waals surface area contributed by atoms with Crippen LogP contribution in [0.4, 0.5) is 0 Å². The van der Waals surface area contributed by atoms with Crippen molar-refractivity contribution in [2.75, 3.05) is 46.5 Å². The molecular weight excluding hydrogens is 604 g/mol. The molecule has 0 bridgehead atoms. The summed E-state index contributed by atoms with van der Waals surface area (Å²) in [6.07, 6.45) is 9.64. The molecule has 7 rings (SSSR count). The molecule has 13 atom stereocenters. The van der Waals surface area contributed by atoms with Gasteiger partial charge in [0.25, 0.3) is 0 Å². The number of aliphatic hydroxyl groups is 2. The van der Waals surface area contributed by atoms with Crippen LogP contribution < -0.4 is 5.32 Å². The molecule has 0 aromatic heterocycles. The van der Waals surface area contributed by atoms with E-state index >= 15 is 0 Å². The molecule has 276 valence electrons. The van der Waals surface area contributed by atoms with E-state index in [4.69, 9.17) is 18.9 Å². The highest BCUT2D eigenvalue weighted by atomic mass is 16.7. The standard InChI is InChI=1S/C40H70N2O6/c1-10-46-34(36(5,6)44)28(45-9)19-25(2)27-20-31(43)38(8)30-12-11-29-35(3,4)32(48-33-23-42(17-18-47-33)26-21-41-22-26)13-14-39(29)24-40(30,39)16-15-37(27,38)7/h25-34,41,43-44H,10-24H2,1-9H3/t25-,27-,28?,29+,30?,31+,32+,33+,34+,37-,38-,39-,40?/m1/s1. The number of aliphatic hydroxyl groups excluding tert-OH is 1. The summed E-state index contributed by atoms with van der Waals surface area (Å²) < 4.78 is 25.3. The first-order valence-corrected chi connectivity index (χ1v) is 19.9. The van der Waals surface area contributed by atoms with Gasteiger partial charge in [0.2, 0.25) is 0 Å². The molecule has 2 aliphatic heterocycles. The van der Waals surface area contributed by atoms with Crippen molar-refractivity contribution in [2.24, 2.45) is 50.7 Å². The van der Waals surface area contributed by atoms with E-state index in [1.54, 1.807) is 7.11 Å². The number of methoxy groups -OCH3 is 1. The molecule has 0 aromatic rings. The van der Waals surface area contributed by atoms with Crippen molar-refractivity contribution in [1.29, 1.82) is 0 Å². The van der Waals surface area contributed by atoms with Gasteiger partial charge >= 0.3 is 0 Å². The lowest BCUT2D eigenvalue weighted by atomic mass is 9.41. The summed E-state index contributed by atoms with van der Waals surface area (Å²) in [5, 5.41) is 26.6. The van der Waals surface area contributed by atoms with E-state index in [1.807, 2.05) is 20.8 Å². The molecule has 2 saturated heterocycles. The molecule has 7 fully saturated rings. The predicted molar refractivity (Wildman–Crippen MR) is 187 cm³/mol. The molecule has 5 aliphatic carbocycles. The molecule has 0 radical (unpaired) electrons. The number of hydrogen-bond acceptors (Lipinski definition) is 8. The van der Waals surface area contributed by atoms with E-state index in [0.29, 0.717) is 47.2 Å². The molecule has 48 heavy (non-hydrogen) atoms. The van der Waals surface area contributed by atoms with Gasteiger partial charge < -0.3 is 34.5 Å².